The normalized spacial score (nSPS) is 65.2. The lowest BCUT2D eigenvalue weighted by atomic mass is 9.35. The fourth-order valence-corrected chi connectivity index (χ4v) is 8.44. The van der Waals surface area contributed by atoms with Crippen LogP contribution in [0, 0.1) is 34.0 Å². The van der Waals surface area contributed by atoms with Crippen molar-refractivity contribution in [2.75, 3.05) is 6.61 Å². The highest BCUT2D eigenvalue weighted by molar-refractivity contribution is 6.05. The Morgan fingerprint density at radius 2 is 1.96 bits per heavy atom. The highest BCUT2D eigenvalue weighted by atomic mass is 16.8. The Kier molecular flexibility index (Phi) is 2.66. The number of carbonyl (C=O) groups excluding carboxylic acids is 1. The maximum atomic E-state index is 13.4. The lowest BCUT2D eigenvalue weighted by Crippen LogP contribution is -2.87. The Balaban J connectivity index is 1.67. The molecule has 4 saturated carbocycles. The number of hydrogen-bond acceptors (Lipinski definition) is 6. The zero-order valence-electron chi connectivity index (χ0n) is 15.0. The third kappa shape index (κ3) is 1.24. The Labute approximate surface area is 152 Å². The number of hydrogen-bond donors (Lipinski definition) is 3. The highest BCUT2D eigenvalue weighted by Gasteiger charge is 2.88. The molecule has 6 heteroatoms. The Morgan fingerprint density at radius 3 is 2.73 bits per heavy atom. The van der Waals surface area contributed by atoms with Crippen LogP contribution in [0.4, 0.5) is 0 Å². The van der Waals surface area contributed by atoms with Gasteiger partial charge in [0.25, 0.3) is 0 Å². The van der Waals surface area contributed by atoms with Gasteiger partial charge in [-0.3, -0.25) is 4.79 Å². The van der Waals surface area contributed by atoms with Crippen LogP contribution in [0.1, 0.15) is 39.0 Å². The standard InChI is InChI=1S/C20H26O6/c1-9-10-4-5-11-18-7-3-6-17(2)8-25-16(18)26-20(24,15(23)12(17)18)19(11,13(9)21)14(10)22/h10-12,14-16,22-24H,1,3-8H2,2H3/t10-,11-,12+,14+,15-,16+,17-,18?,19-,20?/m0/s1. The molecule has 3 saturated heterocycles. The summed E-state index contributed by atoms with van der Waals surface area (Å²) < 4.78 is 12.1. The molecule has 0 amide bonds. The third-order valence-electron chi connectivity index (χ3n) is 9.21. The second-order valence-corrected chi connectivity index (χ2v) is 9.90. The molecule has 4 aliphatic carbocycles. The second kappa shape index (κ2) is 4.28. The average molecular weight is 362 g/mol. The average Bonchev–Trinajstić information content (AvgIpc) is 2.70. The van der Waals surface area contributed by atoms with E-state index in [0.29, 0.717) is 18.6 Å². The molecule has 0 aromatic rings. The van der Waals surface area contributed by atoms with Gasteiger partial charge in [-0.1, -0.05) is 19.9 Å². The first-order valence-corrected chi connectivity index (χ1v) is 9.87. The summed E-state index contributed by atoms with van der Waals surface area (Å²) in [6.45, 7) is 6.53. The molecule has 0 aromatic carbocycles. The van der Waals surface area contributed by atoms with Gasteiger partial charge in [0.1, 0.15) is 11.5 Å². The molecule has 6 nitrogen and oxygen atoms in total. The van der Waals surface area contributed by atoms with E-state index in [4.69, 9.17) is 9.47 Å². The fraction of sp³-hybridized carbons (Fsp3) is 0.850. The van der Waals surface area contributed by atoms with Crippen molar-refractivity contribution in [2.45, 2.75) is 63.3 Å². The van der Waals surface area contributed by atoms with Gasteiger partial charge in [-0.05, 0) is 42.6 Å². The topological polar surface area (TPSA) is 96.2 Å². The number of aliphatic hydroxyl groups excluding tert-OH is 2. The van der Waals surface area contributed by atoms with Crippen molar-refractivity contribution >= 4 is 5.78 Å². The molecule has 7 aliphatic rings. The van der Waals surface area contributed by atoms with E-state index >= 15 is 0 Å². The molecule has 2 spiro atoms. The van der Waals surface area contributed by atoms with E-state index in [1.54, 1.807) is 0 Å². The zero-order chi connectivity index (χ0) is 18.3. The van der Waals surface area contributed by atoms with Gasteiger partial charge in [-0.2, -0.15) is 0 Å². The van der Waals surface area contributed by atoms with Crippen LogP contribution in [0.15, 0.2) is 12.2 Å². The maximum absolute atomic E-state index is 13.4. The summed E-state index contributed by atoms with van der Waals surface area (Å²) in [5.74, 6) is -3.25. The van der Waals surface area contributed by atoms with Gasteiger partial charge in [-0.15, -0.1) is 0 Å². The number of carbonyl (C=O) groups is 1. The predicted octanol–water partition coefficient (Wildman–Crippen LogP) is 0.741. The molecular formula is C20H26O6. The van der Waals surface area contributed by atoms with E-state index in [1.165, 1.54) is 0 Å². The van der Waals surface area contributed by atoms with Gasteiger partial charge >= 0.3 is 0 Å². The number of rotatable bonds is 0. The SMILES string of the molecule is C=C1C(=O)[C@]23[C@H](O)[C@H]1CC[C@H]2C12CCC[C@@]4(C)CO[C@@H]1OC3(O)[C@@H](O)[C@@H]24. The van der Waals surface area contributed by atoms with Gasteiger partial charge in [0, 0.05) is 17.3 Å². The van der Waals surface area contributed by atoms with Gasteiger partial charge < -0.3 is 24.8 Å². The van der Waals surface area contributed by atoms with Crippen LogP contribution in [-0.4, -0.2) is 52.0 Å². The van der Waals surface area contributed by atoms with E-state index in [0.717, 1.165) is 25.7 Å². The minimum Gasteiger partial charge on any atom is -0.391 e. The second-order valence-electron chi connectivity index (χ2n) is 9.90. The molecule has 7 fully saturated rings. The molecule has 3 heterocycles. The van der Waals surface area contributed by atoms with Crippen LogP contribution in [0.3, 0.4) is 0 Å². The molecule has 0 aromatic heterocycles. The molecule has 7 bridgehead atoms. The third-order valence-corrected chi connectivity index (χ3v) is 9.21. The minimum atomic E-state index is -2.12. The van der Waals surface area contributed by atoms with Crippen LogP contribution in [-0.2, 0) is 14.3 Å². The Hall–Kier alpha value is -0.790. The summed E-state index contributed by atoms with van der Waals surface area (Å²) in [4.78, 5) is 13.4. The maximum Gasteiger partial charge on any atom is 0.211 e. The highest BCUT2D eigenvalue weighted by Crippen LogP contribution is 2.79. The summed E-state index contributed by atoms with van der Waals surface area (Å²) in [7, 11) is 0. The smallest absolute Gasteiger partial charge is 0.211 e. The van der Waals surface area contributed by atoms with Crippen LogP contribution >= 0.6 is 0 Å². The first kappa shape index (κ1) is 16.2. The van der Waals surface area contributed by atoms with Gasteiger partial charge in [-0.25, -0.2) is 0 Å². The van der Waals surface area contributed by atoms with E-state index < -0.39 is 35.1 Å². The van der Waals surface area contributed by atoms with Gasteiger partial charge in [0.15, 0.2) is 12.1 Å². The fourth-order valence-electron chi connectivity index (χ4n) is 8.44. The number of Topliss-reactive ketones (excluding diaryl/α,β-unsaturated/α-hetero) is 1. The molecular weight excluding hydrogens is 336 g/mol. The number of fused-ring (bicyclic) bond motifs is 1. The number of ketones is 1. The lowest BCUT2D eigenvalue weighted by Gasteiger charge is -2.77. The summed E-state index contributed by atoms with van der Waals surface area (Å²) in [6.07, 6.45) is 1.18. The van der Waals surface area contributed by atoms with E-state index in [9.17, 15) is 20.1 Å². The molecule has 3 N–H and O–H groups in total. The molecule has 0 radical (unpaired) electrons. The first-order valence-electron chi connectivity index (χ1n) is 9.87. The van der Waals surface area contributed by atoms with Crippen molar-refractivity contribution in [3.8, 4) is 0 Å². The quantitative estimate of drug-likeness (QED) is 0.550. The van der Waals surface area contributed by atoms with Crippen molar-refractivity contribution < 1.29 is 29.6 Å². The monoisotopic (exact) mass is 362 g/mol. The van der Waals surface area contributed by atoms with Crippen molar-refractivity contribution in [2.24, 2.45) is 34.0 Å². The van der Waals surface area contributed by atoms with E-state index in [1.807, 2.05) is 0 Å². The summed E-state index contributed by atoms with van der Waals surface area (Å²) >= 11 is 0. The number of aliphatic hydroxyl groups is 3. The Bertz CT molecular complexity index is 751. The van der Waals surface area contributed by atoms with Crippen molar-refractivity contribution in [3.05, 3.63) is 12.2 Å². The van der Waals surface area contributed by atoms with Crippen LogP contribution in [0.5, 0.6) is 0 Å². The van der Waals surface area contributed by atoms with Gasteiger partial charge in [0.2, 0.25) is 5.79 Å². The van der Waals surface area contributed by atoms with Crippen molar-refractivity contribution in [1.82, 2.24) is 0 Å². The first-order chi connectivity index (χ1) is 12.2. The van der Waals surface area contributed by atoms with E-state index in [-0.39, 0.29) is 29.0 Å². The molecule has 26 heavy (non-hydrogen) atoms. The molecule has 142 valence electrons. The zero-order valence-corrected chi connectivity index (χ0v) is 15.0. The predicted molar refractivity (Wildman–Crippen MR) is 88.5 cm³/mol. The minimum absolute atomic E-state index is 0.192. The van der Waals surface area contributed by atoms with Gasteiger partial charge in [0.05, 0.1) is 12.7 Å². The largest absolute Gasteiger partial charge is 0.391 e. The van der Waals surface area contributed by atoms with Crippen molar-refractivity contribution in [3.63, 3.8) is 0 Å². The van der Waals surface area contributed by atoms with Crippen LogP contribution in [0.2, 0.25) is 0 Å². The summed E-state index contributed by atoms with van der Waals surface area (Å²) in [5.41, 5.74) is -1.94. The summed E-state index contributed by atoms with van der Waals surface area (Å²) in [6, 6.07) is 0. The molecule has 2 unspecified atom stereocenters. The lowest BCUT2D eigenvalue weighted by molar-refractivity contribution is -0.522. The molecule has 7 rings (SSSR count). The number of ether oxygens (including phenoxy) is 2. The molecule has 10 atom stereocenters. The van der Waals surface area contributed by atoms with Crippen LogP contribution < -0.4 is 0 Å². The van der Waals surface area contributed by atoms with Crippen LogP contribution in [0.25, 0.3) is 0 Å². The Morgan fingerprint density at radius 1 is 1.19 bits per heavy atom. The summed E-state index contributed by atoms with van der Waals surface area (Å²) in [5, 5.41) is 34.3. The molecule has 3 aliphatic heterocycles. The van der Waals surface area contributed by atoms with E-state index in [2.05, 4.69) is 13.5 Å². The van der Waals surface area contributed by atoms with Crippen molar-refractivity contribution in [1.29, 1.82) is 0 Å².